The first kappa shape index (κ1) is 14.1. The standard InChI is InChI=1S/C16H18N2O2/c1-11-6-3-4-9-15(11)20-14-8-5-7-13(10-14)18-16(19)12(2)17/h3-10,12H,17H2,1-2H3,(H,18,19). The lowest BCUT2D eigenvalue weighted by Crippen LogP contribution is -2.32. The van der Waals surface area contributed by atoms with Gasteiger partial charge in [-0.15, -0.1) is 0 Å². The van der Waals surface area contributed by atoms with Crippen LogP contribution in [0.4, 0.5) is 5.69 Å². The first-order chi connectivity index (χ1) is 9.56. The van der Waals surface area contributed by atoms with Gasteiger partial charge in [-0.25, -0.2) is 0 Å². The van der Waals surface area contributed by atoms with E-state index in [0.717, 1.165) is 11.3 Å². The van der Waals surface area contributed by atoms with Crippen molar-refractivity contribution in [3.05, 3.63) is 54.1 Å². The molecule has 1 unspecified atom stereocenters. The van der Waals surface area contributed by atoms with Gasteiger partial charge in [-0.2, -0.15) is 0 Å². The lowest BCUT2D eigenvalue weighted by Gasteiger charge is -2.11. The molecule has 0 spiro atoms. The smallest absolute Gasteiger partial charge is 0.241 e. The Morgan fingerprint density at radius 3 is 2.65 bits per heavy atom. The average molecular weight is 270 g/mol. The molecule has 4 heteroatoms. The zero-order chi connectivity index (χ0) is 14.5. The molecule has 1 atom stereocenters. The minimum atomic E-state index is -0.545. The zero-order valence-corrected chi connectivity index (χ0v) is 11.6. The summed E-state index contributed by atoms with van der Waals surface area (Å²) in [4.78, 5) is 11.6. The molecule has 0 fully saturated rings. The number of rotatable bonds is 4. The van der Waals surface area contributed by atoms with Crippen molar-refractivity contribution in [1.29, 1.82) is 0 Å². The van der Waals surface area contributed by atoms with Gasteiger partial charge in [0.25, 0.3) is 0 Å². The van der Waals surface area contributed by atoms with Crippen molar-refractivity contribution in [1.82, 2.24) is 0 Å². The van der Waals surface area contributed by atoms with Crippen molar-refractivity contribution >= 4 is 11.6 Å². The Bertz CT molecular complexity index is 609. The molecule has 104 valence electrons. The van der Waals surface area contributed by atoms with Crippen molar-refractivity contribution in [2.45, 2.75) is 19.9 Å². The zero-order valence-electron chi connectivity index (χ0n) is 11.6. The lowest BCUT2D eigenvalue weighted by atomic mass is 10.2. The number of ether oxygens (including phenoxy) is 1. The van der Waals surface area contributed by atoms with Gasteiger partial charge in [-0.1, -0.05) is 24.3 Å². The molecular weight excluding hydrogens is 252 g/mol. The fourth-order valence-electron chi connectivity index (χ4n) is 1.69. The normalized spacial score (nSPS) is 11.8. The predicted molar refractivity (Wildman–Crippen MR) is 80.0 cm³/mol. The van der Waals surface area contributed by atoms with Crippen molar-refractivity contribution in [3.8, 4) is 11.5 Å². The summed E-state index contributed by atoms with van der Waals surface area (Å²) in [5, 5.41) is 2.74. The fraction of sp³-hybridized carbons (Fsp3) is 0.188. The molecule has 1 amide bonds. The quantitative estimate of drug-likeness (QED) is 0.897. The summed E-state index contributed by atoms with van der Waals surface area (Å²) in [5.74, 6) is 1.24. The summed E-state index contributed by atoms with van der Waals surface area (Å²) in [6, 6.07) is 14.5. The Hall–Kier alpha value is -2.33. The fourth-order valence-corrected chi connectivity index (χ4v) is 1.69. The second-order valence-electron chi connectivity index (χ2n) is 4.67. The van der Waals surface area contributed by atoms with Crippen LogP contribution in [0, 0.1) is 6.92 Å². The van der Waals surface area contributed by atoms with E-state index in [0.29, 0.717) is 11.4 Å². The van der Waals surface area contributed by atoms with E-state index < -0.39 is 6.04 Å². The highest BCUT2D eigenvalue weighted by molar-refractivity contribution is 5.94. The molecule has 2 aromatic carbocycles. The molecule has 0 radical (unpaired) electrons. The van der Waals surface area contributed by atoms with E-state index >= 15 is 0 Å². The minimum absolute atomic E-state index is 0.224. The number of anilines is 1. The molecule has 3 N–H and O–H groups in total. The second-order valence-corrected chi connectivity index (χ2v) is 4.67. The first-order valence-electron chi connectivity index (χ1n) is 6.46. The number of hydrogen-bond acceptors (Lipinski definition) is 3. The van der Waals surface area contributed by atoms with Crippen molar-refractivity contribution in [3.63, 3.8) is 0 Å². The maximum atomic E-state index is 11.6. The van der Waals surface area contributed by atoms with E-state index in [4.69, 9.17) is 10.5 Å². The minimum Gasteiger partial charge on any atom is -0.457 e. The Labute approximate surface area is 118 Å². The van der Waals surface area contributed by atoms with Gasteiger partial charge >= 0.3 is 0 Å². The van der Waals surface area contributed by atoms with Crippen LogP contribution in [0.2, 0.25) is 0 Å². The topological polar surface area (TPSA) is 64.3 Å². The number of benzene rings is 2. The number of aryl methyl sites for hydroxylation is 1. The van der Waals surface area contributed by atoms with Gasteiger partial charge in [-0.3, -0.25) is 4.79 Å². The molecule has 0 heterocycles. The highest BCUT2D eigenvalue weighted by Crippen LogP contribution is 2.26. The summed E-state index contributed by atoms with van der Waals surface area (Å²) < 4.78 is 5.81. The monoisotopic (exact) mass is 270 g/mol. The summed E-state index contributed by atoms with van der Waals surface area (Å²) in [5.41, 5.74) is 7.24. The average Bonchev–Trinajstić information content (AvgIpc) is 2.42. The van der Waals surface area contributed by atoms with Crippen LogP contribution in [0.25, 0.3) is 0 Å². The van der Waals surface area contributed by atoms with Crippen molar-refractivity contribution in [2.24, 2.45) is 5.73 Å². The molecule has 0 aliphatic carbocycles. The maximum absolute atomic E-state index is 11.6. The van der Waals surface area contributed by atoms with Crippen LogP contribution in [0.3, 0.4) is 0 Å². The van der Waals surface area contributed by atoms with Crippen LogP contribution in [0.15, 0.2) is 48.5 Å². The Morgan fingerprint density at radius 2 is 1.95 bits per heavy atom. The van der Waals surface area contributed by atoms with E-state index in [1.165, 1.54) is 0 Å². The third kappa shape index (κ3) is 3.59. The van der Waals surface area contributed by atoms with Crippen LogP contribution < -0.4 is 15.8 Å². The van der Waals surface area contributed by atoms with Crippen LogP contribution >= 0.6 is 0 Å². The van der Waals surface area contributed by atoms with Gasteiger partial charge in [0.05, 0.1) is 6.04 Å². The SMILES string of the molecule is Cc1ccccc1Oc1cccc(NC(=O)C(C)N)c1. The molecule has 0 aromatic heterocycles. The molecular formula is C16H18N2O2. The number of carbonyl (C=O) groups is 1. The number of amides is 1. The summed E-state index contributed by atoms with van der Waals surface area (Å²) in [7, 11) is 0. The van der Waals surface area contributed by atoms with Gasteiger partial charge in [-0.05, 0) is 37.6 Å². The molecule has 0 saturated carbocycles. The summed E-state index contributed by atoms with van der Waals surface area (Å²) >= 11 is 0. The lowest BCUT2D eigenvalue weighted by molar-refractivity contribution is -0.117. The second kappa shape index (κ2) is 6.21. The van der Waals surface area contributed by atoms with Gasteiger partial charge in [0, 0.05) is 11.8 Å². The Kier molecular flexibility index (Phi) is 4.38. The van der Waals surface area contributed by atoms with Crippen LogP contribution in [-0.4, -0.2) is 11.9 Å². The largest absolute Gasteiger partial charge is 0.457 e. The van der Waals surface area contributed by atoms with E-state index in [1.807, 2.05) is 43.3 Å². The molecule has 0 aliphatic rings. The van der Waals surface area contributed by atoms with E-state index in [2.05, 4.69) is 5.32 Å². The molecule has 0 saturated heterocycles. The number of para-hydroxylation sites is 1. The van der Waals surface area contributed by atoms with Crippen LogP contribution in [-0.2, 0) is 4.79 Å². The van der Waals surface area contributed by atoms with Crippen molar-refractivity contribution in [2.75, 3.05) is 5.32 Å². The summed E-state index contributed by atoms with van der Waals surface area (Å²) in [6.07, 6.45) is 0. The van der Waals surface area contributed by atoms with Crippen LogP contribution in [0.1, 0.15) is 12.5 Å². The third-order valence-corrected chi connectivity index (χ3v) is 2.84. The number of carbonyl (C=O) groups excluding carboxylic acids is 1. The van der Waals surface area contributed by atoms with E-state index in [-0.39, 0.29) is 5.91 Å². The van der Waals surface area contributed by atoms with Crippen molar-refractivity contribution < 1.29 is 9.53 Å². The first-order valence-corrected chi connectivity index (χ1v) is 6.46. The molecule has 4 nitrogen and oxygen atoms in total. The molecule has 0 bridgehead atoms. The van der Waals surface area contributed by atoms with E-state index in [1.54, 1.807) is 19.1 Å². The third-order valence-electron chi connectivity index (χ3n) is 2.84. The molecule has 0 aliphatic heterocycles. The maximum Gasteiger partial charge on any atom is 0.241 e. The summed E-state index contributed by atoms with van der Waals surface area (Å²) in [6.45, 7) is 3.63. The van der Waals surface area contributed by atoms with Gasteiger partial charge in [0.2, 0.25) is 5.91 Å². The molecule has 2 aromatic rings. The predicted octanol–water partition coefficient (Wildman–Crippen LogP) is 3.07. The Morgan fingerprint density at radius 1 is 1.20 bits per heavy atom. The number of hydrogen-bond donors (Lipinski definition) is 2. The van der Waals surface area contributed by atoms with Gasteiger partial charge < -0.3 is 15.8 Å². The van der Waals surface area contributed by atoms with E-state index in [9.17, 15) is 4.79 Å². The van der Waals surface area contributed by atoms with Gasteiger partial charge in [0.1, 0.15) is 11.5 Å². The van der Waals surface area contributed by atoms with Crippen LogP contribution in [0.5, 0.6) is 11.5 Å². The highest BCUT2D eigenvalue weighted by atomic mass is 16.5. The molecule has 20 heavy (non-hydrogen) atoms. The van der Waals surface area contributed by atoms with Gasteiger partial charge in [0.15, 0.2) is 0 Å². The number of nitrogens with one attached hydrogen (secondary N) is 1. The Balaban J connectivity index is 2.14. The number of nitrogens with two attached hydrogens (primary N) is 1. The highest BCUT2D eigenvalue weighted by Gasteiger charge is 2.08. The molecule has 2 rings (SSSR count).